The van der Waals surface area contributed by atoms with Crippen molar-refractivity contribution >= 4 is 35.8 Å². The van der Waals surface area contributed by atoms with Crippen molar-refractivity contribution in [2.75, 3.05) is 0 Å². The van der Waals surface area contributed by atoms with Crippen molar-refractivity contribution in [3.8, 4) is 0 Å². The molecule has 0 atom stereocenters. The second-order valence-corrected chi connectivity index (χ2v) is 3.13. The molecule has 104 valence electrons. The minimum Gasteiger partial charge on any atom is -0.393 e. The standard InChI is InChI=1S/C10H10O9/c1-5(11)17-7(13)3-9(15)19-10(16)4-8(14)18-6(2)12/h3-4H2,1-2H3. The van der Waals surface area contributed by atoms with E-state index in [-0.39, 0.29) is 0 Å². The molecule has 0 aromatic heterocycles. The van der Waals surface area contributed by atoms with Gasteiger partial charge in [0.15, 0.2) is 0 Å². The smallest absolute Gasteiger partial charge is 0.324 e. The van der Waals surface area contributed by atoms with E-state index in [9.17, 15) is 28.8 Å². The summed E-state index contributed by atoms with van der Waals surface area (Å²) in [5, 5.41) is 0. The Labute approximate surface area is 106 Å². The van der Waals surface area contributed by atoms with E-state index in [4.69, 9.17) is 0 Å². The zero-order valence-electron chi connectivity index (χ0n) is 10.1. The van der Waals surface area contributed by atoms with Crippen LogP contribution in [-0.2, 0) is 43.0 Å². The predicted molar refractivity (Wildman–Crippen MR) is 53.9 cm³/mol. The van der Waals surface area contributed by atoms with Gasteiger partial charge in [0.25, 0.3) is 0 Å². The molecule has 9 nitrogen and oxygen atoms in total. The monoisotopic (exact) mass is 274 g/mol. The Morgan fingerprint density at radius 1 is 0.579 bits per heavy atom. The third kappa shape index (κ3) is 9.15. The lowest BCUT2D eigenvalue weighted by molar-refractivity contribution is -0.166. The van der Waals surface area contributed by atoms with Gasteiger partial charge in [0.05, 0.1) is 0 Å². The van der Waals surface area contributed by atoms with Crippen LogP contribution in [0.3, 0.4) is 0 Å². The Bertz CT molecular complexity index is 394. The quantitative estimate of drug-likeness (QED) is 0.360. The number of hydrogen-bond acceptors (Lipinski definition) is 9. The highest BCUT2D eigenvalue weighted by Crippen LogP contribution is 1.96. The molecule has 0 aromatic rings. The van der Waals surface area contributed by atoms with Crippen molar-refractivity contribution in [2.24, 2.45) is 0 Å². The largest absolute Gasteiger partial charge is 0.393 e. The van der Waals surface area contributed by atoms with Crippen molar-refractivity contribution in [3.63, 3.8) is 0 Å². The summed E-state index contributed by atoms with van der Waals surface area (Å²) in [5.41, 5.74) is 0. The van der Waals surface area contributed by atoms with Gasteiger partial charge in [-0.2, -0.15) is 0 Å². The lowest BCUT2D eigenvalue weighted by atomic mass is 10.4. The minimum absolute atomic E-state index is 0.922. The summed E-state index contributed by atoms with van der Waals surface area (Å²) >= 11 is 0. The molecule has 0 rings (SSSR count). The van der Waals surface area contributed by atoms with Gasteiger partial charge in [0.1, 0.15) is 12.8 Å². The van der Waals surface area contributed by atoms with E-state index in [0.29, 0.717) is 0 Å². The maximum atomic E-state index is 11.0. The highest BCUT2D eigenvalue weighted by atomic mass is 16.6. The van der Waals surface area contributed by atoms with Gasteiger partial charge < -0.3 is 14.2 Å². The average molecular weight is 274 g/mol. The van der Waals surface area contributed by atoms with Crippen LogP contribution in [0.15, 0.2) is 0 Å². The summed E-state index contributed by atoms with van der Waals surface area (Å²) in [6, 6.07) is 0. The maximum Gasteiger partial charge on any atom is 0.324 e. The van der Waals surface area contributed by atoms with Crippen LogP contribution in [0.2, 0.25) is 0 Å². The second kappa shape index (κ2) is 7.69. The minimum atomic E-state index is -1.30. The fraction of sp³-hybridized carbons (Fsp3) is 0.400. The second-order valence-electron chi connectivity index (χ2n) is 3.13. The maximum absolute atomic E-state index is 11.0. The molecule has 0 aliphatic carbocycles. The van der Waals surface area contributed by atoms with Gasteiger partial charge >= 0.3 is 35.8 Å². The highest BCUT2D eigenvalue weighted by Gasteiger charge is 2.20. The summed E-state index contributed by atoms with van der Waals surface area (Å²) in [6.45, 7) is 1.90. The Hall–Kier alpha value is -2.58. The Balaban J connectivity index is 4.09. The molecule has 0 bridgehead atoms. The molecule has 0 amide bonds. The van der Waals surface area contributed by atoms with E-state index in [1.54, 1.807) is 0 Å². The van der Waals surface area contributed by atoms with Gasteiger partial charge in [0.2, 0.25) is 0 Å². The molecule has 0 aliphatic heterocycles. The first-order valence-electron chi connectivity index (χ1n) is 4.86. The summed E-state index contributed by atoms with van der Waals surface area (Å²) in [6.07, 6.45) is -1.93. The Morgan fingerprint density at radius 3 is 1.11 bits per heavy atom. The molecular formula is C10H10O9. The number of hydrogen-bond donors (Lipinski definition) is 0. The number of esters is 6. The Morgan fingerprint density at radius 2 is 0.842 bits per heavy atom. The van der Waals surface area contributed by atoms with Gasteiger partial charge in [0, 0.05) is 13.8 Å². The van der Waals surface area contributed by atoms with Gasteiger partial charge in [-0.1, -0.05) is 0 Å². The molecule has 19 heavy (non-hydrogen) atoms. The van der Waals surface area contributed by atoms with Crippen LogP contribution < -0.4 is 0 Å². The molecular weight excluding hydrogens is 264 g/mol. The number of ether oxygens (including phenoxy) is 3. The third-order valence-corrected chi connectivity index (χ3v) is 1.32. The highest BCUT2D eigenvalue weighted by molar-refractivity contribution is 6.02. The number of carbonyl (C=O) groups is 6. The van der Waals surface area contributed by atoms with Gasteiger partial charge in [-0.25, -0.2) is 0 Å². The van der Waals surface area contributed by atoms with E-state index in [1.165, 1.54) is 0 Å². The molecule has 9 heteroatoms. The van der Waals surface area contributed by atoms with Gasteiger partial charge in [-0.05, 0) is 0 Å². The van der Waals surface area contributed by atoms with Crippen LogP contribution in [0.4, 0.5) is 0 Å². The molecule has 0 saturated carbocycles. The zero-order chi connectivity index (χ0) is 15.0. The SMILES string of the molecule is CC(=O)OC(=O)CC(=O)OC(=O)CC(=O)OC(C)=O. The topological polar surface area (TPSA) is 130 Å². The van der Waals surface area contributed by atoms with E-state index in [2.05, 4.69) is 14.2 Å². The van der Waals surface area contributed by atoms with Crippen LogP contribution in [0.1, 0.15) is 26.7 Å². The average Bonchev–Trinajstić information content (AvgIpc) is 2.12. The molecule has 0 unspecified atom stereocenters. The number of rotatable bonds is 4. The molecule has 0 spiro atoms. The fourth-order valence-corrected chi connectivity index (χ4v) is 0.828. The van der Waals surface area contributed by atoms with Gasteiger partial charge in [-0.15, -0.1) is 0 Å². The van der Waals surface area contributed by atoms with Crippen molar-refractivity contribution in [2.45, 2.75) is 26.7 Å². The van der Waals surface area contributed by atoms with E-state index < -0.39 is 48.7 Å². The van der Waals surface area contributed by atoms with Gasteiger partial charge in [-0.3, -0.25) is 28.8 Å². The molecule has 0 fully saturated rings. The molecule has 0 saturated heterocycles. The summed E-state index contributed by atoms with van der Waals surface area (Å²) in [4.78, 5) is 64.3. The van der Waals surface area contributed by atoms with Crippen molar-refractivity contribution < 1.29 is 43.0 Å². The molecule has 0 N–H and O–H groups in total. The van der Waals surface area contributed by atoms with E-state index in [1.807, 2.05) is 0 Å². The molecule has 0 radical (unpaired) electrons. The van der Waals surface area contributed by atoms with Crippen LogP contribution in [0.25, 0.3) is 0 Å². The normalized spacial score (nSPS) is 9.16. The summed E-state index contributed by atoms with van der Waals surface area (Å²) in [5.74, 6) is -6.84. The summed E-state index contributed by atoms with van der Waals surface area (Å²) < 4.78 is 12.1. The van der Waals surface area contributed by atoms with Crippen molar-refractivity contribution in [1.82, 2.24) is 0 Å². The first-order chi connectivity index (χ1) is 8.70. The Kier molecular flexibility index (Phi) is 6.65. The zero-order valence-corrected chi connectivity index (χ0v) is 10.1. The third-order valence-electron chi connectivity index (χ3n) is 1.32. The fourth-order valence-electron chi connectivity index (χ4n) is 0.828. The van der Waals surface area contributed by atoms with E-state index in [0.717, 1.165) is 13.8 Å². The lowest BCUT2D eigenvalue weighted by Gasteiger charge is -2.02. The van der Waals surface area contributed by atoms with Crippen molar-refractivity contribution in [3.05, 3.63) is 0 Å². The van der Waals surface area contributed by atoms with Crippen LogP contribution in [0.5, 0.6) is 0 Å². The van der Waals surface area contributed by atoms with E-state index >= 15 is 0 Å². The predicted octanol–water partition coefficient (Wildman–Crippen LogP) is -0.984. The summed E-state index contributed by atoms with van der Waals surface area (Å²) in [7, 11) is 0. The van der Waals surface area contributed by atoms with Crippen molar-refractivity contribution in [1.29, 1.82) is 0 Å². The molecule has 0 aromatic carbocycles. The molecule has 0 aliphatic rings. The van der Waals surface area contributed by atoms with Crippen LogP contribution in [-0.4, -0.2) is 35.8 Å². The first kappa shape index (κ1) is 16.4. The van der Waals surface area contributed by atoms with Crippen LogP contribution >= 0.6 is 0 Å². The first-order valence-corrected chi connectivity index (χ1v) is 4.86. The lowest BCUT2D eigenvalue weighted by Crippen LogP contribution is -2.21. The van der Waals surface area contributed by atoms with Crippen LogP contribution in [0, 0.1) is 0 Å². The molecule has 0 heterocycles. The number of carbonyl (C=O) groups excluding carboxylic acids is 6.